The number of amides is 1. The number of hydrogen-bond donors (Lipinski definition) is 1. The van der Waals surface area contributed by atoms with Crippen LogP contribution in [0.3, 0.4) is 0 Å². The third-order valence-electron chi connectivity index (χ3n) is 6.84. The molecule has 1 aromatic heterocycles. The lowest BCUT2D eigenvalue weighted by Crippen LogP contribution is -2.39. The molecule has 6 nitrogen and oxygen atoms in total. The molecule has 0 aliphatic carbocycles. The van der Waals surface area contributed by atoms with E-state index in [9.17, 15) is 14.4 Å². The molecular formula is C32H28ClN3O3. The fraction of sp³-hybridized carbons (Fsp3) is 0.156. The van der Waals surface area contributed by atoms with Gasteiger partial charge < -0.3 is 5.32 Å². The van der Waals surface area contributed by atoms with Crippen molar-refractivity contribution in [3.05, 3.63) is 145 Å². The standard InChI is InChI=1S/C32H28ClN3O3/c1-2-22-12-15-26(16-13-22)36-31(38)27-17-14-24(30(37)34-19-18-23-8-4-3-5-9-23)20-29(27)35(32(36)39)21-25-10-6-7-11-28(25)33/h3-17,20H,2,18-19,21H2,1H3,(H,34,37). The monoisotopic (exact) mass is 537 g/mol. The van der Waals surface area contributed by atoms with Crippen molar-refractivity contribution in [3.63, 3.8) is 0 Å². The van der Waals surface area contributed by atoms with E-state index in [1.165, 1.54) is 9.13 Å². The molecule has 196 valence electrons. The number of aromatic nitrogens is 2. The molecule has 5 rings (SSSR count). The number of rotatable bonds is 8. The predicted octanol–water partition coefficient (Wildman–Crippen LogP) is 5.39. The number of nitrogens with one attached hydrogen (secondary N) is 1. The van der Waals surface area contributed by atoms with Gasteiger partial charge in [0.05, 0.1) is 23.1 Å². The van der Waals surface area contributed by atoms with Gasteiger partial charge in [-0.3, -0.25) is 14.2 Å². The lowest BCUT2D eigenvalue weighted by atomic mass is 10.1. The molecule has 0 aliphatic rings. The van der Waals surface area contributed by atoms with Crippen molar-refractivity contribution < 1.29 is 4.79 Å². The fourth-order valence-corrected chi connectivity index (χ4v) is 4.83. The second-order valence-electron chi connectivity index (χ2n) is 9.34. The molecule has 0 aliphatic heterocycles. The Hall–Kier alpha value is -4.42. The molecule has 0 atom stereocenters. The van der Waals surface area contributed by atoms with Gasteiger partial charge in [-0.1, -0.05) is 79.2 Å². The van der Waals surface area contributed by atoms with Crippen molar-refractivity contribution in [3.8, 4) is 5.69 Å². The Kier molecular flexibility index (Phi) is 7.75. The van der Waals surface area contributed by atoms with Gasteiger partial charge in [0, 0.05) is 17.1 Å². The van der Waals surface area contributed by atoms with E-state index >= 15 is 0 Å². The zero-order valence-electron chi connectivity index (χ0n) is 21.6. The summed E-state index contributed by atoms with van der Waals surface area (Å²) in [7, 11) is 0. The van der Waals surface area contributed by atoms with Crippen LogP contribution in [0.2, 0.25) is 5.02 Å². The molecule has 0 bridgehead atoms. The van der Waals surface area contributed by atoms with E-state index in [2.05, 4.69) is 5.32 Å². The van der Waals surface area contributed by atoms with Crippen molar-refractivity contribution in [2.75, 3.05) is 6.54 Å². The first-order chi connectivity index (χ1) is 19.0. The van der Waals surface area contributed by atoms with Gasteiger partial charge in [-0.05, 0) is 65.9 Å². The van der Waals surface area contributed by atoms with Gasteiger partial charge in [0.1, 0.15) is 0 Å². The highest BCUT2D eigenvalue weighted by molar-refractivity contribution is 6.31. The molecule has 0 unspecified atom stereocenters. The summed E-state index contributed by atoms with van der Waals surface area (Å²) in [5.74, 6) is -0.274. The molecular weight excluding hydrogens is 510 g/mol. The number of carbonyl (C=O) groups is 1. The van der Waals surface area contributed by atoms with E-state index < -0.39 is 11.2 Å². The quantitative estimate of drug-likeness (QED) is 0.288. The van der Waals surface area contributed by atoms with Gasteiger partial charge in [-0.25, -0.2) is 9.36 Å². The Balaban J connectivity index is 1.58. The third kappa shape index (κ3) is 5.56. The van der Waals surface area contributed by atoms with Crippen LogP contribution in [0.1, 0.15) is 34.0 Å². The van der Waals surface area contributed by atoms with E-state index in [4.69, 9.17) is 11.6 Å². The van der Waals surface area contributed by atoms with Crippen molar-refractivity contribution in [2.24, 2.45) is 0 Å². The normalized spacial score (nSPS) is 11.0. The number of benzene rings is 4. The maximum atomic E-state index is 13.9. The Bertz CT molecular complexity index is 1760. The average molecular weight is 538 g/mol. The van der Waals surface area contributed by atoms with Gasteiger partial charge in [0.15, 0.2) is 0 Å². The minimum Gasteiger partial charge on any atom is -0.352 e. The SMILES string of the molecule is CCc1ccc(-n2c(=O)c3ccc(C(=O)NCCc4ccccc4)cc3n(Cc3ccccc3Cl)c2=O)cc1. The topological polar surface area (TPSA) is 73.1 Å². The first-order valence-electron chi connectivity index (χ1n) is 12.9. The zero-order valence-corrected chi connectivity index (χ0v) is 22.3. The second kappa shape index (κ2) is 11.5. The first-order valence-corrected chi connectivity index (χ1v) is 13.3. The van der Waals surface area contributed by atoms with Crippen molar-refractivity contribution in [2.45, 2.75) is 26.3 Å². The van der Waals surface area contributed by atoms with Crippen LogP contribution < -0.4 is 16.6 Å². The van der Waals surface area contributed by atoms with Crippen LogP contribution in [0.15, 0.2) is 107 Å². The van der Waals surface area contributed by atoms with E-state index in [0.29, 0.717) is 40.1 Å². The van der Waals surface area contributed by atoms with Crippen LogP contribution >= 0.6 is 11.6 Å². The first kappa shape index (κ1) is 26.2. The van der Waals surface area contributed by atoms with E-state index in [1.54, 1.807) is 36.4 Å². The van der Waals surface area contributed by atoms with Crippen LogP contribution in [0.4, 0.5) is 0 Å². The minimum absolute atomic E-state index is 0.140. The van der Waals surface area contributed by atoms with E-state index in [1.807, 2.05) is 67.6 Å². The van der Waals surface area contributed by atoms with Crippen LogP contribution in [0.25, 0.3) is 16.6 Å². The minimum atomic E-state index is -0.502. The Labute approximate surface area is 231 Å². The molecule has 7 heteroatoms. The van der Waals surface area contributed by atoms with Crippen molar-refractivity contribution in [1.29, 1.82) is 0 Å². The molecule has 39 heavy (non-hydrogen) atoms. The van der Waals surface area contributed by atoms with Gasteiger partial charge >= 0.3 is 5.69 Å². The molecule has 0 spiro atoms. The fourth-order valence-electron chi connectivity index (χ4n) is 4.63. The van der Waals surface area contributed by atoms with Crippen LogP contribution in [-0.4, -0.2) is 21.6 Å². The lowest BCUT2D eigenvalue weighted by Gasteiger charge is -2.16. The number of halogens is 1. The summed E-state index contributed by atoms with van der Waals surface area (Å²) in [6, 6.07) is 29.4. The number of nitrogens with zero attached hydrogens (tertiary/aromatic N) is 2. The molecule has 4 aromatic carbocycles. The highest BCUT2D eigenvalue weighted by atomic mass is 35.5. The van der Waals surface area contributed by atoms with Gasteiger partial charge in [0.25, 0.3) is 11.5 Å². The molecule has 1 N–H and O–H groups in total. The van der Waals surface area contributed by atoms with Crippen molar-refractivity contribution in [1.82, 2.24) is 14.5 Å². The average Bonchev–Trinajstić information content (AvgIpc) is 2.97. The molecule has 0 radical (unpaired) electrons. The van der Waals surface area contributed by atoms with E-state index in [-0.39, 0.29) is 12.5 Å². The van der Waals surface area contributed by atoms with Gasteiger partial charge in [-0.15, -0.1) is 0 Å². The number of aryl methyl sites for hydroxylation is 1. The molecule has 1 amide bonds. The Morgan fingerprint density at radius 2 is 1.56 bits per heavy atom. The molecule has 0 fully saturated rings. The van der Waals surface area contributed by atoms with Crippen LogP contribution in [0, 0.1) is 0 Å². The Morgan fingerprint density at radius 3 is 2.28 bits per heavy atom. The summed E-state index contributed by atoms with van der Waals surface area (Å²) >= 11 is 6.44. The highest BCUT2D eigenvalue weighted by Crippen LogP contribution is 2.19. The summed E-state index contributed by atoms with van der Waals surface area (Å²) in [6.07, 6.45) is 1.54. The maximum Gasteiger partial charge on any atom is 0.336 e. The summed E-state index contributed by atoms with van der Waals surface area (Å²) in [5.41, 5.74) is 3.24. The smallest absolute Gasteiger partial charge is 0.336 e. The maximum absolute atomic E-state index is 13.9. The summed E-state index contributed by atoms with van der Waals surface area (Å²) in [5, 5.41) is 3.78. The van der Waals surface area contributed by atoms with Gasteiger partial charge in [-0.2, -0.15) is 0 Å². The largest absolute Gasteiger partial charge is 0.352 e. The molecule has 0 saturated heterocycles. The third-order valence-corrected chi connectivity index (χ3v) is 7.21. The van der Waals surface area contributed by atoms with Gasteiger partial charge in [0.2, 0.25) is 0 Å². The van der Waals surface area contributed by atoms with Crippen LogP contribution in [0.5, 0.6) is 0 Å². The second-order valence-corrected chi connectivity index (χ2v) is 9.75. The number of carbonyl (C=O) groups excluding carboxylic acids is 1. The number of hydrogen-bond acceptors (Lipinski definition) is 3. The lowest BCUT2D eigenvalue weighted by molar-refractivity contribution is 0.0954. The van der Waals surface area contributed by atoms with E-state index in [0.717, 1.165) is 23.1 Å². The number of fused-ring (bicyclic) bond motifs is 1. The van der Waals surface area contributed by atoms with Crippen LogP contribution in [-0.2, 0) is 19.4 Å². The molecule has 0 saturated carbocycles. The Morgan fingerprint density at radius 1 is 0.846 bits per heavy atom. The van der Waals surface area contributed by atoms with Crippen molar-refractivity contribution >= 4 is 28.4 Å². The highest BCUT2D eigenvalue weighted by Gasteiger charge is 2.18. The molecule has 1 heterocycles. The summed E-state index contributed by atoms with van der Waals surface area (Å²) < 4.78 is 2.69. The summed E-state index contributed by atoms with van der Waals surface area (Å²) in [6.45, 7) is 2.65. The summed E-state index contributed by atoms with van der Waals surface area (Å²) in [4.78, 5) is 40.5. The molecule has 5 aromatic rings. The predicted molar refractivity (Wildman–Crippen MR) is 156 cm³/mol. The zero-order chi connectivity index (χ0) is 27.4.